The van der Waals surface area contributed by atoms with Crippen molar-refractivity contribution in [1.82, 2.24) is 4.90 Å². The van der Waals surface area contributed by atoms with Crippen molar-refractivity contribution in [2.24, 2.45) is 5.73 Å². The summed E-state index contributed by atoms with van der Waals surface area (Å²) >= 11 is 5.87. The van der Waals surface area contributed by atoms with E-state index in [2.05, 4.69) is 12.1 Å². The summed E-state index contributed by atoms with van der Waals surface area (Å²) in [5.41, 5.74) is 7.83. The Hall–Kier alpha value is -1.55. The van der Waals surface area contributed by atoms with Crippen LogP contribution in [0.3, 0.4) is 0 Å². The SMILES string of the molecule is Cl.NCCN(CCc1ccccc1)C(=O)Cc1ccc(Cl)cc1. The molecular weight excluding hydrogens is 331 g/mol. The van der Waals surface area contributed by atoms with Crippen LogP contribution in [0.5, 0.6) is 0 Å². The fourth-order valence-corrected chi connectivity index (χ4v) is 2.44. The number of halogens is 2. The van der Waals surface area contributed by atoms with E-state index < -0.39 is 0 Å². The van der Waals surface area contributed by atoms with E-state index in [4.69, 9.17) is 17.3 Å². The lowest BCUT2D eigenvalue weighted by atomic mass is 10.1. The summed E-state index contributed by atoms with van der Waals surface area (Å²) in [7, 11) is 0. The van der Waals surface area contributed by atoms with Crippen LogP contribution in [0.25, 0.3) is 0 Å². The lowest BCUT2D eigenvalue weighted by Crippen LogP contribution is -2.37. The Morgan fingerprint density at radius 3 is 2.22 bits per heavy atom. The highest BCUT2D eigenvalue weighted by Crippen LogP contribution is 2.11. The van der Waals surface area contributed by atoms with Crippen LogP contribution in [-0.4, -0.2) is 30.4 Å². The van der Waals surface area contributed by atoms with Crippen molar-refractivity contribution in [2.45, 2.75) is 12.8 Å². The molecule has 2 N–H and O–H groups in total. The Bertz CT molecular complexity index is 588. The maximum absolute atomic E-state index is 12.4. The molecule has 1 amide bonds. The lowest BCUT2D eigenvalue weighted by molar-refractivity contribution is -0.130. The van der Waals surface area contributed by atoms with Gasteiger partial charge in [-0.2, -0.15) is 0 Å². The molecule has 124 valence electrons. The second-order valence-corrected chi connectivity index (χ2v) is 5.64. The van der Waals surface area contributed by atoms with Crippen LogP contribution >= 0.6 is 24.0 Å². The summed E-state index contributed by atoms with van der Waals surface area (Å²) < 4.78 is 0. The number of hydrogen-bond acceptors (Lipinski definition) is 2. The van der Waals surface area contributed by atoms with Gasteiger partial charge in [-0.1, -0.05) is 54.1 Å². The second kappa shape index (κ2) is 10.3. The molecule has 0 aromatic heterocycles. The maximum Gasteiger partial charge on any atom is 0.227 e. The van der Waals surface area contributed by atoms with Crippen LogP contribution in [0.4, 0.5) is 0 Å². The molecule has 5 heteroatoms. The monoisotopic (exact) mass is 352 g/mol. The average molecular weight is 353 g/mol. The minimum atomic E-state index is 0. The van der Waals surface area contributed by atoms with E-state index in [1.165, 1.54) is 5.56 Å². The highest BCUT2D eigenvalue weighted by Gasteiger charge is 2.13. The Kier molecular flexibility index (Phi) is 8.70. The molecule has 0 saturated carbocycles. The molecule has 0 heterocycles. The average Bonchev–Trinajstić information content (AvgIpc) is 2.54. The number of amides is 1. The van der Waals surface area contributed by atoms with E-state index in [0.29, 0.717) is 31.1 Å². The number of nitrogens with two attached hydrogens (primary N) is 1. The van der Waals surface area contributed by atoms with Gasteiger partial charge in [-0.25, -0.2) is 0 Å². The van der Waals surface area contributed by atoms with E-state index in [1.807, 2.05) is 35.2 Å². The standard InChI is InChI=1S/C18H21ClN2O.ClH/c19-17-8-6-16(7-9-17)14-18(22)21(13-11-20)12-10-15-4-2-1-3-5-15;/h1-9H,10-14,20H2;1H. The van der Waals surface area contributed by atoms with E-state index >= 15 is 0 Å². The molecule has 0 saturated heterocycles. The predicted molar refractivity (Wildman–Crippen MR) is 98.2 cm³/mol. The van der Waals surface area contributed by atoms with Crippen LogP contribution in [0.15, 0.2) is 54.6 Å². The Morgan fingerprint density at radius 2 is 1.61 bits per heavy atom. The summed E-state index contributed by atoms with van der Waals surface area (Å²) in [4.78, 5) is 14.3. The van der Waals surface area contributed by atoms with Gasteiger partial charge < -0.3 is 10.6 Å². The molecule has 2 aromatic rings. The van der Waals surface area contributed by atoms with E-state index in [9.17, 15) is 4.79 Å². The molecular formula is C18H22Cl2N2O. The van der Waals surface area contributed by atoms with Gasteiger partial charge in [0.2, 0.25) is 5.91 Å². The Morgan fingerprint density at radius 1 is 0.957 bits per heavy atom. The summed E-state index contributed by atoms with van der Waals surface area (Å²) in [6.07, 6.45) is 1.22. The highest BCUT2D eigenvalue weighted by molar-refractivity contribution is 6.30. The van der Waals surface area contributed by atoms with Crippen LogP contribution in [0, 0.1) is 0 Å². The highest BCUT2D eigenvalue weighted by atomic mass is 35.5. The van der Waals surface area contributed by atoms with Gasteiger partial charge in [0.15, 0.2) is 0 Å². The smallest absolute Gasteiger partial charge is 0.227 e. The molecule has 0 fully saturated rings. The first-order valence-electron chi connectivity index (χ1n) is 7.45. The zero-order valence-electron chi connectivity index (χ0n) is 13.0. The number of hydrogen-bond donors (Lipinski definition) is 1. The van der Waals surface area contributed by atoms with Gasteiger partial charge >= 0.3 is 0 Å². The van der Waals surface area contributed by atoms with Crippen molar-refractivity contribution in [1.29, 1.82) is 0 Å². The van der Waals surface area contributed by atoms with Crippen molar-refractivity contribution < 1.29 is 4.79 Å². The second-order valence-electron chi connectivity index (χ2n) is 5.21. The van der Waals surface area contributed by atoms with Gasteiger partial charge in [-0.3, -0.25) is 4.79 Å². The van der Waals surface area contributed by atoms with Crippen molar-refractivity contribution >= 4 is 29.9 Å². The summed E-state index contributed by atoms with van der Waals surface area (Å²) in [6, 6.07) is 17.6. The number of nitrogens with zero attached hydrogens (tertiary/aromatic N) is 1. The molecule has 0 spiro atoms. The molecule has 0 bridgehead atoms. The molecule has 2 rings (SSSR count). The Balaban J connectivity index is 0.00000264. The van der Waals surface area contributed by atoms with Gasteiger partial charge in [0.25, 0.3) is 0 Å². The fraction of sp³-hybridized carbons (Fsp3) is 0.278. The van der Waals surface area contributed by atoms with Gasteiger partial charge in [-0.15, -0.1) is 12.4 Å². The van der Waals surface area contributed by atoms with Crippen molar-refractivity contribution in [3.63, 3.8) is 0 Å². The van der Waals surface area contributed by atoms with Gasteiger partial charge in [0.1, 0.15) is 0 Å². The summed E-state index contributed by atoms with van der Waals surface area (Å²) in [5, 5.41) is 0.680. The van der Waals surface area contributed by atoms with Crippen molar-refractivity contribution in [3.8, 4) is 0 Å². The number of benzene rings is 2. The zero-order chi connectivity index (χ0) is 15.8. The van der Waals surface area contributed by atoms with Crippen molar-refractivity contribution in [3.05, 3.63) is 70.7 Å². The van der Waals surface area contributed by atoms with Crippen LogP contribution < -0.4 is 5.73 Å². The number of carbonyl (C=O) groups excluding carboxylic acids is 1. The molecule has 0 unspecified atom stereocenters. The first kappa shape index (κ1) is 19.5. The normalized spacial score (nSPS) is 10.0. The summed E-state index contributed by atoms with van der Waals surface area (Å²) in [6.45, 7) is 1.74. The predicted octanol–water partition coefficient (Wildman–Crippen LogP) is 3.33. The Labute approximate surface area is 148 Å². The first-order chi connectivity index (χ1) is 10.7. The van der Waals surface area contributed by atoms with Gasteiger partial charge in [0, 0.05) is 24.7 Å². The van der Waals surface area contributed by atoms with E-state index in [1.54, 1.807) is 12.1 Å². The number of carbonyl (C=O) groups is 1. The molecule has 2 aromatic carbocycles. The fourth-order valence-electron chi connectivity index (χ4n) is 2.31. The quantitative estimate of drug-likeness (QED) is 0.830. The molecule has 0 atom stereocenters. The third kappa shape index (κ3) is 6.61. The van der Waals surface area contributed by atoms with Gasteiger partial charge in [0.05, 0.1) is 6.42 Å². The molecule has 0 radical (unpaired) electrons. The number of rotatable bonds is 7. The first-order valence-corrected chi connectivity index (χ1v) is 7.83. The zero-order valence-corrected chi connectivity index (χ0v) is 14.5. The molecule has 0 aliphatic rings. The van der Waals surface area contributed by atoms with Crippen molar-refractivity contribution in [2.75, 3.05) is 19.6 Å². The van der Waals surface area contributed by atoms with Crippen LogP contribution in [0.2, 0.25) is 5.02 Å². The third-order valence-corrected chi connectivity index (χ3v) is 3.79. The van der Waals surface area contributed by atoms with Crippen LogP contribution in [-0.2, 0) is 17.6 Å². The molecule has 0 aliphatic heterocycles. The maximum atomic E-state index is 12.4. The topological polar surface area (TPSA) is 46.3 Å². The van der Waals surface area contributed by atoms with E-state index in [-0.39, 0.29) is 18.3 Å². The van der Waals surface area contributed by atoms with E-state index in [0.717, 1.165) is 12.0 Å². The molecule has 3 nitrogen and oxygen atoms in total. The lowest BCUT2D eigenvalue weighted by Gasteiger charge is -2.22. The molecule has 23 heavy (non-hydrogen) atoms. The minimum Gasteiger partial charge on any atom is -0.341 e. The minimum absolute atomic E-state index is 0. The molecule has 0 aliphatic carbocycles. The summed E-state index contributed by atoms with van der Waals surface area (Å²) in [5.74, 6) is 0.101. The largest absolute Gasteiger partial charge is 0.341 e. The van der Waals surface area contributed by atoms with Gasteiger partial charge in [-0.05, 0) is 29.7 Å². The van der Waals surface area contributed by atoms with Crippen LogP contribution in [0.1, 0.15) is 11.1 Å². The third-order valence-electron chi connectivity index (χ3n) is 3.53.